The van der Waals surface area contributed by atoms with E-state index in [0.29, 0.717) is 18.3 Å². The molecule has 0 saturated heterocycles. The summed E-state index contributed by atoms with van der Waals surface area (Å²) in [5.74, 6) is -0.0557. The normalized spacial score (nSPS) is 14.8. The molecule has 32 heavy (non-hydrogen) atoms. The molecule has 1 atom stereocenters. The van der Waals surface area contributed by atoms with Crippen molar-refractivity contribution in [3.63, 3.8) is 0 Å². The number of amides is 1. The minimum atomic E-state index is -4.90. The first-order valence-corrected chi connectivity index (χ1v) is 10.1. The summed E-state index contributed by atoms with van der Waals surface area (Å²) in [6.07, 6.45) is 1.46. The molecular formula is C20H18ClF3N6O2. The molecule has 2 heterocycles. The van der Waals surface area contributed by atoms with E-state index < -0.39 is 24.1 Å². The quantitative estimate of drug-likeness (QED) is 0.518. The molecule has 2 aromatic heterocycles. The lowest BCUT2D eigenvalue weighted by atomic mass is 10.1. The summed E-state index contributed by atoms with van der Waals surface area (Å²) < 4.78 is 43.4. The van der Waals surface area contributed by atoms with Crippen molar-refractivity contribution in [1.29, 1.82) is 0 Å². The highest BCUT2D eigenvalue weighted by Gasteiger charge is 2.34. The zero-order valence-electron chi connectivity index (χ0n) is 16.8. The lowest BCUT2D eigenvalue weighted by molar-refractivity contribution is -0.274. The van der Waals surface area contributed by atoms with Crippen LogP contribution in [0.4, 0.5) is 13.2 Å². The molecule has 8 nitrogen and oxygen atoms in total. The molecule has 0 aliphatic heterocycles. The van der Waals surface area contributed by atoms with Gasteiger partial charge in [-0.05, 0) is 49.9 Å². The van der Waals surface area contributed by atoms with Gasteiger partial charge < -0.3 is 9.64 Å². The van der Waals surface area contributed by atoms with E-state index in [-0.39, 0.29) is 16.5 Å². The predicted octanol–water partition coefficient (Wildman–Crippen LogP) is 4.22. The van der Waals surface area contributed by atoms with Crippen molar-refractivity contribution < 1.29 is 22.7 Å². The second-order valence-electron chi connectivity index (χ2n) is 7.38. The topological polar surface area (TPSA) is 86.0 Å². The number of hydrogen-bond donors (Lipinski definition) is 0. The third-order valence-electron chi connectivity index (χ3n) is 4.92. The number of aromatic nitrogens is 5. The van der Waals surface area contributed by atoms with Gasteiger partial charge in [-0.25, -0.2) is 15.0 Å². The molecule has 1 unspecified atom stereocenters. The third kappa shape index (κ3) is 5.16. The van der Waals surface area contributed by atoms with Crippen LogP contribution in [0, 0.1) is 5.92 Å². The minimum absolute atomic E-state index is 0.0220. The fourth-order valence-electron chi connectivity index (χ4n) is 3.27. The molecule has 0 radical (unpaired) electrons. The molecule has 0 bridgehead atoms. The summed E-state index contributed by atoms with van der Waals surface area (Å²) in [6.45, 7) is 2.17. The molecule has 1 aliphatic carbocycles. The molecule has 4 rings (SSSR count). The first-order valence-electron chi connectivity index (χ1n) is 9.76. The maximum absolute atomic E-state index is 13.4. The van der Waals surface area contributed by atoms with Crippen LogP contribution in [-0.2, 0) is 0 Å². The zero-order valence-corrected chi connectivity index (χ0v) is 17.6. The molecule has 0 spiro atoms. The summed E-state index contributed by atoms with van der Waals surface area (Å²) >= 11 is 5.97. The molecule has 3 aromatic rings. The Balaban J connectivity index is 1.67. The Bertz CT molecular complexity index is 1100. The number of ether oxygens (including phenoxy) is 1. The van der Waals surface area contributed by atoms with Gasteiger partial charge in [0.1, 0.15) is 12.1 Å². The maximum atomic E-state index is 13.4. The van der Waals surface area contributed by atoms with E-state index >= 15 is 0 Å². The molecule has 1 aliphatic rings. The van der Waals surface area contributed by atoms with Crippen molar-refractivity contribution in [2.45, 2.75) is 32.2 Å². The monoisotopic (exact) mass is 466 g/mol. The summed E-state index contributed by atoms with van der Waals surface area (Å²) in [5.41, 5.74) is -0.0220. The van der Waals surface area contributed by atoms with Gasteiger partial charge >= 0.3 is 6.36 Å². The minimum Gasteiger partial charge on any atom is -0.406 e. The molecule has 12 heteroatoms. The van der Waals surface area contributed by atoms with Crippen LogP contribution in [0.1, 0.15) is 42.0 Å². The summed E-state index contributed by atoms with van der Waals surface area (Å²) in [7, 11) is 0. The van der Waals surface area contributed by atoms with Gasteiger partial charge in [0.05, 0.1) is 6.04 Å². The number of rotatable bonds is 7. The molecule has 0 N–H and O–H groups in total. The second kappa shape index (κ2) is 8.73. The first kappa shape index (κ1) is 22.0. The van der Waals surface area contributed by atoms with Gasteiger partial charge in [-0.1, -0.05) is 11.6 Å². The lowest BCUT2D eigenvalue weighted by Gasteiger charge is -2.29. The van der Waals surface area contributed by atoms with E-state index in [0.717, 1.165) is 25.0 Å². The SMILES string of the molecule is CC(c1ncnn1-c1ncccn1)N(CC1CC1)C(=O)c1cc(Cl)cc(OC(F)(F)F)c1. The fourth-order valence-corrected chi connectivity index (χ4v) is 3.49. The number of alkyl halides is 3. The second-order valence-corrected chi connectivity index (χ2v) is 7.82. The number of benzene rings is 1. The van der Waals surface area contributed by atoms with E-state index in [4.69, 9.17) is 11.6 Å². The van der Waals surface area contributed by atoms with Crippen molar-refractivity contribution in [3.8, 4) is 11.7 Å². The molecule has 168 valence electrons. The van der Waals surface area contributed by atoms with Gasteiger partial charge in [0.15, 0.2) is 5.82 Å². The van der Waals surface area contributed by atoms with Crippen LogP contribution < -0.4 is 4.74 Å². The summed E-state index contributed by atoms with van der Waals surface area (Å²) in [5, 5.41) is 4.12. The van der Waals surface area contributed by atoms with Gasteiger partial charge in [0.25, 0.3) is 11.9 Å². The highest BCUT2D eigenvalue weighted by atomic mass is 35.5. The van der Waals surface area contributed by atoms with Crippen LogP contribution in [0.25, 0.3) is 5.95 Å². The van der Waals surface area contributed by atoms with Gasteiger partial charge in [-0.3, -0.25) is 4.79 Å². The zero-order chi connectivity index (χ0) is 22.9. The highest BCUT2D eigenvalue weighted by molar-refractivity contribution is 6.31. The van der Waals surface area contributed by atoms with Gasteiger partial charge in [-0.2, -0.15) is 9.78 Å². The van der Waals surface area contributed by atoms with Crippen LogP contribution in [0.15, 0.2) is 43.0 Å². The highest BCUT2D eigenvalue weighted by Crippen LogP contribution is 2.34. The van der Waals surface area contributed by atoms with Crippen molar-refractivity contribution in [2.24, 2.45) is 5.92 Å². The first-order chi connectivity index (χ1) is 15.2. The Morgan fingerprint density at radius 3 is 2.62 bits per heavy atom. The Morgan fingerprint density at radius 1 is 1.25 bits per heavy atom. The fraction of sp³-hybridized carbons (Fsp3) is 0.350. The molecule has 1 fully saturated rings. The largest absolute Gasteiger partial charge is 0.573 e. The lowest BCUT2D eigenvalue weighted by Crippen LogP contribution is -2.36. The molecule has 1 saturated carbocycles. The Kier molecular flexibility index (Phi) is 6.00. The van der Waals surface area contributed by atoms with Gasteiger partial charge in [-0.15, -0.1) is 13.2 Å². The number of hydrogen-bond acceptors (Lipinski definition) is 6. The maximum Gasteiger partial charge on any atom is 0.573 e. The molecule has 1 aromatic carbocycles. The van der Waals surface area contributed by atoms with Crippen LogP contribution in [0.5, 0.6) is 5.75 Å². The van der Waals surface area contributed by atoms with E-state index in [2.05, 4.69) is 24.8 Å². The van der Waals surface area contributed by atoms with Crippen molar-refractivity contribution >= 4 is 17.5 Å². The van der Waals surface area contributed by atoms with Crippen LogP contribution >= 0.6 is 11.6 Å². The average Bonchev–Trinajstić information content (AvgIpc) is 3.42. The van der Waals surface area contributed by atoms with Crippen LogP contribution in [-0.4, -0.2) is 48.4 Å². The van der Waals surface area contributed by atoms with Gasteiger partial charge in [0, 0.05) is 29.5 Å². The van der Waals surface area contributed by atoms with E-state index in [9.17, 15) is 18.0 Å². The molecular weight excluding hydrogens is 449 g/mol. The number of carbonyl (C=O) groups excluding carboxylic acids is 1. The summed E-state index contributed by atoms with van der Waals surface area (Å²) in [4.78, 5) is 27.6. The van der Waals surface area contributed by atoms with E-state index in [1.165, 1.54) is 17.1 Å². The van der Waals surface area contributed by atoms with Crippen molar-refractivity contribution in [1.82, 2.24) is 29.6 Å². The number of carbonyl (C=O) groups is 1. The smallest absolute Gasteiger partial charge is 0.406 e. The number of nitrogens with zero attached hydrogens (tertiary/aromatic N) is 6. The Labute approximate surface area is 186 Å². The summed E-state index contributed by atoms with van der Waals surface area (Å²) in [6, 6.07) is 4.43. The van der Waals surface area contributed by atoms with Crippen molar-refractivity contribution in [2.75, 3.05) is 6.54 Å². The Morgan fingerprint density at radius 2 is 1.97 bits per heavy atom. The number of halogens is 4. The van der Waals surface area contributed by atoms with Gasteiger partial charge in [0.2, 0.25) is 0 Å². The predicted molar refractivity (Wildman–Crippen MR) is 107 cm³/mol. The van der Waals surface area contributed by atoms with E-state index in [1.54, 1.807) is 30.3 Å². The van der Waals surface area contributed by atoms with E-state index in [1.807, 2.05) is 0 Å². The average molecular weight is 467 g/mol. The standard InChI is InChI=1S/C20H18ClF3N6O2/c1-12(17-27-11-28-30(17)19-25-5-2-6-26-19)29(10-13-3-4-13)18(31)14-7-15(21)9-16(8-14)32-20(22,23)24/h2,5-9,11-13H,3-4,10H2,1H3. The third-order valence-corrected chi connectivity index (χ3v) is 5.14. The van der Waals surface area contributed by atoms with Crippen LogP contribution in [0.2, 0.25) is 5.02 Å². The van der Waals surface area contributed by atoms with Crippen LogP contribution in [0.3, 0.4) is 0 Å². The van der Waals surface area contributed by atoms with Crippen molar-refractivity contribution in [3.05, 3.63) is 59.4 Å². The Hall–Kier alpha value is -3.21. The molecule has 1 amide bonds.